The molecule has 0 saturated carbocycles. The Hall–Kier alpha value is -1.34. The van der Waals surface area contributed by atoms with Crippen LogP contribution in [0.5, 0.6) is 0 Å². The highest BCUT2D eigenvalue weighted by Gasteiger charge is 2.00. The molecule has 0 aliphatic carbocycles. The lowest BCUT2D eigenvalue weighted by Crippen LogP contribution is -2.15. The second-order valence-electron chi connectivity index (χ2n) is 5.55. The molecule has 0 atom stereocenters. The van der Waals surface area contributed by atoms with Gasteiger partial charge in [-0.05, 0) is 55.1 Å². The number of fused-ring (bicyclic) bond motifs is 1. The first-order valence-electron chi connectivity index (χ1n) is 8.09. The van der Waals surface area contributed by atoms with Crippen LogP contribution in [0.2, 0.25) is 0 Å². The third-order valence-corrected chi connectivity index (χ3v) is 3.86. The van der Waals surface area contributed by atoms with Gasteiger partial charge in [-0.2, -0.15) is 0 Å². The molecule has 2 aromatic rings. The number of benzene rings is 2. The highest BCUT2D eigenvalue weighted by atomic mass is 14.8. The molecule has 2 aromatic carbocycles. The normalized spacial score (nSPS) is 11.1. The molecule has 0 spiro atoms. The number of aryl methyl sites for hydroxylation is 1. The third kappa shape index (κ3) is 4.64. The average Bonchev–Trinajstić information content (AvgIpc) is 2.50. The Morgan fingerprint density at radius 3 is 2.50 bits per heavy atom. The van der Waals surface area contributed by atoms with Crippen LogP contribution >= 0.6 is 0 Å². The monoisotopic (exact) mass is 269 g/mol. The van der Waals surface area contributed by atoms with Crippen LogP contribution in [0.25, 0.3) is 10.8 Å². The molecule has 0 unspecified atom stereocenters. The van der Waals surface area contributed by atoms with Crippen molar-refractivity contribution in [1.82, 2.24) is 5.32 Å². The standard InChI is InChI=1S/C19H27N/c1-2-15-20-16-8-4-3-5-10-17-12-9-13-18-11-6-7-14-19(17)18/h6-7,9,11-14,20H,2-5,8,10,15-16H2,1H3. The fourth-order valence-electron chi connectivity index (χ4n) is 2.73. The van der Waals surface area contributed by atoms with Gasteiger partial charge in [-0.3, -0.25) is 0 Å². The topological polar surface area (TPSA) is 12.0 Å². The van der Waals surface area contributed by atoms with Crippen molar-refractivity contribution in [1.29, 1.82) is 0 Å². The van der Waals surface area contributed by atoms with Crippen molar-refractivity contribution < 1.29 is 0 Å². The van der Waals surface area contributed by atoms with E-state index in [1.165, 1.54) is 61.4 Å². The Morgan fingerprint density at radius 1 is 0.800 bits per heavy atom. The molecule has 0 fully saturated rings. The first kappa shape index (κ1) is 15.1. The summed E-state index contributed by atoms with van der Waals surface area (Å²) < 4.78 is 0. The summed E-state index contributed by atoms with van der Waals surface area (Å²) >= 11 is 0. The minimum absolute atomic E-state index is 1.16. The molecule has 20 heavy (non-hydrogen) atoms. The van der Waals surface area contributed by atoms with Crippen molar-refractivity contribution >= 4 is 10.8 Å². The van der Waals surface area contributed by atoms with Crippen LogP contribution in [-0.2, 0) is 6.42 Å². The summed E-state index contributed by atoms with van der Waals surface area (Å²) in [5.74, 6) is 0. The quantitative estimate of drug-likeness (QED) is 0.636. The van der Waals surface area contributed by atoms with Crippen molar-refractivity contribution in [2.45, 2.75) is 45.4 Å². The lowest BCUT2D eigenvalue weighted by atomic mass is 9.99. The van der Waals surface area contributed by atoms with Crippen molar-refractivity contribution in [3.05, 3.63) is 48.0 Å². The Kier molecular flexibility index (Phi) is 6.59. The Balaban J connectivity index is 1.71. The van der Waals surface area contributed by atoms with Gasteiger partial charge in [-0.15, -0.1) is 0 Å². The number of unbranched alkanes of at least 4 members (excludes halogenated alkanes) is 3. The van der Waals surface area contributed by atoms with Gasteiger partial charge in [0, 0.05) is 0 Å². The highest BCUT2D eigenvalue weighted by Crippen LogP contribution is 2.20. The Labute approximate surface area is 123 Å². The zero-order valence-corrected chi connectivity index (χ0v) is 12.7. The molecule has 2 rings (SSSR count). The van der Waals surface area contributed by atoms with E-state index >= 15 is 0 Å². The molecule has 0 aromatic heterocycles. The number of rotatable bonds is 9. The summed E-state index contributed by atoms with van der Waals surface area (Å²) in [4.78, 5) is 0. The number of hydrogen-bond acceptors (Lipinski definition) is 1. The van der Waals surface area contributed by atoms with Gasteiger partial charge < -0.3 is 5.32 Å². The van der Waals surface area contributed by atoms with E-state index < -0.39 is 0 Å². The summed E-state index contributed by atoms with van der Waals surface area (Å²) in [7, 11) is 0. The molecular formula is C19H27N. The van der Waals surface area contributed by atoms with Gasteiger partial charge in [-0.25, -0.2) is 0 Å². The molecule has 0 radical (unpaired) electrons. The summed E-state index contributed by atoms with van der Waals surface area (Å²) in [5, 5.41) is 6.27. The lowest BCUT2D eigenvalue weighted by molar-refractivity contribution is 0.585. The summed E-state index contributed by atoms with van der Waals surface area (Å²) in [6.45, 7) is 4.56. The van der Waals surface area contributed by atoms with Gasteiger partial charge >= 0.3 is 0 Å². The van der Waals surface area contributed by atoms with Gasteiger partial charge in [0.05, 0.1) is 0 Å². The molecule has 0 aliphatic rings. The van der Waals surface area contributed by atoms with E-state index in [1.54, 1.807) is 0 Å². The second-order valence-corrected chi connectivity index (χ2v) is 5.55. The van der Waals surface area contributed by atoms with Crippen LogP contribution in [0.4, 0.5) is 0 Å². The van der Waals surface area contributed by atoms with E-state index in [0.717, 1.165) is 6.54 Å². The SMILES string of the molecule is CCCNCCCCCCc1cccc2ccccc12. The maximum atomic E-state index is 3.47. The van der Waals surface area contributed by atoms with E-state index in [1.807, 2.05) is 0 Å². The van der Waals surface area contributed by atoms with Gasteiger partial charge in [0.15, 0.2) is 0 Å². The van der Waals surface area contributed by atoms with Crippen molar-refractivity contribution in [2.75, 3.05) is 13.1 Å². The Bertz CT molecular complexity index is 499. The van der Waals surface area contributed by atoms with E-state index in [9.17, 15) is 0 Å². The van der Waals surface area contributed by atoms with Crippen LogP contribution in [0, 0.1) is 0 Å². The zero-order chi connectivity index (χ0) is 14.0. The summed E-state index contributed by atoms with van der Waals surface area (Å²) in [5.41, 5.74) is 1.51. The molecule has 0 amide bonds. The zero-order valence-electron chi connectivity index (χ0n) is 12.7. The predicted molar refractivity (Wildman–Crippen MR) is 89.3 cm³/mol. The van der Waals surface area contributed by atoms with E-state index in [4.69, 9.17) is 0 Å². The highest BCUT2D eigenvalue weighted by molar-refractivity contribution is 5.85. The van der Waals surface area contributed by atoms with Gasteiger partial charge in [0.25, 0.3) is 0 Å². The molecule has 0 bridgehead atoms. The van der Waals surface area contributed by atoms with Gasteiger partial charge in [0.2, 0.25) is 0 Å². The van der Waals surface area contributed by atoms with E-state index in [-0.39, 0.29) is 0 Å². The maximum absolute atomic E-state index is 3.47. The van der Waals surface area contributed by atoms with Gasteiger partial charge in [0.1, 0.15) is 0 Å². The van der Waals surface area contributed by atoms with Crippen LogP contribution in [-0.4, -0.2) is 13.1 Å². The minimum atomic E-state index is 1.16. The molecular weight excluding hydrogens is 242 g/mol. The van der Waals surface area contributed by atoms with Crippen LogP contribution in [0.1, 0.15) is 44.6 Å². The van der Waals surface area contributed by atoms with Crippen molar-refractivity contribution in [3.63, 3.8) is 0 Å². The fraction of sp³-hybridized carbons (Fsp3) is 0.474. The lowest BCUT2D eigenvalue weighted by Gasteiger charge is -2.07. The summed E-state index contributed by atoms with van der Waals surface area (Å²) in [6.07, 6.45) is 7.76. The van der Waals surface area contributed by atoms with Crippen LogP contribution in [0.3, 0.4) is 0 Å². The minimum Gasteiger partial charge on any atom is -0.317 e. The maximum Gasteiger partial charge on any atom is -0.00489 e. The molecule has 1 heteroatoms. The van der Waals surface area contributed by atoms with E-state index in [0.29, 0.717) is 0 Å². The van der Waals surface area contributed by atoms with Crippen molar-refractivity contribution in [2.24, 2.45) is 0 Å². The number of nitrogens with one attached hydrogen (secondary N) is 1. The van der Waals surface area contributed by atoms with E-state index in [2.05, 4.69) is 54.7 Å². The molecule has 108 valence electrons. The van der Waals surface area contributed by atoms with Crippen LogP contribution < -0.4 is 5.32 Å². The van der Waals surface area contributed by atoms with Crippen molar-refractivity contribution in [3.8, 4) is 0 Å². The fourth-order valence-corrected chi connectivity index (χ4v) is 2.73. The molecule has 0 heterocycles. The van der Waals surface area contributed by atoms with Gasteiger partial charge in [-0.1, -0.05) is 62.2 Å². The smallest absolute Gasteiger partial charge is 0.00489 e. The predicted octanol–water partition coefficient (Wildman–Crippen LogP) is 4.94. The molecule has 1 nitrogen and oxygen atoms in total. The third-order valence-electron chi connectivity index (χ3n) is 3.86. The number of hydrogen-bond donors (Lipinski definition) is 1. The first-order chi connectivity index (χ1) is 9.92. The first-order valence-corrected chi connectivity index (χ1v) is 8.09. The largest absolute Gasteiger partial charge is 0.317 e. The van der Waals surface area contributed by atoms with Crippen LogP contribution in [0.15, 0.2) is 42.5 Å². The second kappa shape index (κ2) is 8.76. The summed E-state index contributed by atoms with van der Waals surface area (Å²) in [6, 6.07) is 15.4. The molecule has 0 aliphatic heterocycles. The average molecular weight is 269 g/mol. The Morgan fingerprint density at radius 2 is 1.60 bits per heavy atom. The molecule has 0 saturated heterocycles. The molecule has 1 N–H and O–H groups in total.